The summed E-state index contributed by atoms with van der Waals surface area (Å²) in [6, 6.07) is 0. The minimum Gasteiger partial charge on any atom is -0.393 e. The number of carbonyl (C=O) groups is 3. The SMILES string of the molecule is CCCCCCC=CC(=O)C1CC(=O)OC1=O. The zero-order valence-electron chi connectivity index (χ0n) is 10.1. The lowest BCUT2D eigenvalue weighted by molar-refractivity contribution is -0.153. The molecule has 1 saturated heterocycles. The molecule has 0 N–H and O–H groups in total. The molecule has 4 nitrogen and oxygen atoms in total. The lowest BCUT2D eigenvalue weighted by atomic mass is 10.0. The van der Waals surface area contributed by atoms with Crippen LogP contribution in [-0.2, 0) is 19.1 Å². The van der Waals surface area contributed by atoms with Gasteiger partial charge in [-0.1, -0.05) is 32.3 Å². The summed E-state index contributed by atoms with van der Waals surface area (Å²) in [6.45, 7) is 2.14. The highest BCUT2D eigenvalue weighted by molar-refractivity contribution is 6.12. The third-order valence-corrected chi connectivity index (χ3v) is 2.72. The Morgan fingerprint density at radius 2 is 2.12 bits per heavy atom. The molecule has 1 heterocycles. The quantitative estimate of drug-likeness (QED) is 0.295. The average Bonchev–Trinajstić information content (AvgIpc) is 2.62. The van der Waals surface area contributed by atoms with E-state index in [1.54, 1.807) is 6.08 Å². The number of ketones is 1. The Bertz CT molecular complexity index is 330. The molecule has 0 radical (unpaired) electrons. The predicted molar refractivity (Wildman–Crippen MR) is 62.1 cm³/mol. The van der Waals surface area contributed by atoms with Gasteiger partial charge in [0.1, 0.15) is 5.92 Å². The molecule has 1 unspecified atom stereocenters. The third kappa shape index (κ3) is 4.51. The van der Waals surface area contributed by atoms with Crippen molar-refractivity contribution in [1.82, 2.24) is 0 Å². The van der Waals surface area contributed by atoms with E-state index in [1.165, 1.54) is 18.9 Å². The normalized spacial score (nSPS) is 19.9. The molecule has 4 heteroatoms. The Kier molecular flexibility index (Phi) is 5.60. The van der Waals surface area contributed by atoms with Crippen LogP contribution in [0.3, 0.4) is 0 Å². The molecule has 0 aliphatic carbocycles. The van der Waals surface area contributed by atoms with Crippen molar-refractivity contribution in [2.75, 3.05) is 0 Å². The number of hydrogen-bond acceptors (Lipinski definition) is 4. The molecule has 17 heavy (non-hydrogen) atoms. The summed E-state index contributed by atoms with van der Waals surface area (Å²) in [5.74, 6) is -2.55. The number of hydrogen-bond donors (Lipinski definition) is 0. The molecule has 0 spiro atoms. The fraction of sp³-hybridized carbons (Fsp3) is 0.615. The van der Waals surface area contributed by atoms with Crippen molar-refractivity contribution in [3.8, 4) is 0 Å². The first kappa shape index (κ1) is 13.6. The van der Waals surface area contributed by atoms with Gasteiger partial charge in [0, 0.05) is 0 Å². The number of rotatable bonds is 7. The molecule has 1 fully saturated rings. The Morgan fingerprint density at radius 3 is 2.71 bits per heavy atom. The van der Waals surface area contributed by atoms with Crippen LogP contribution in [0.5, 0.6) is 0 Å². The van der Waals surface area contributed by atoms with E-state index >= 15 is 0 Å². The van der Waals surface area contributed by atoms with E-state index in [1.807, 2.05) is 0 Å². The van der Waals surface area contributed by atoms with Crippen LogP contribution < -0.4 is 0 Å². The standard InChI is InChI=1S/C13H18O4/c1-2-3-4-5-6-7-8-11(14)10-9-12(15)17-13(10)16/h7-8,10H,2-6,9H2,1H3. The largest absolute Gasteiger partial charge is 0.393 e. The van der Waals surface area contributed by atoms with E-state index in [4.69, 9.17) is 0 Å². The van der Waals surface area contributed by atoms with E-state index in [-0.39, 0.29) is 12.2 Å². The van der Waals surface area contributed by atoms with Crippen molar-refractivity contribution in [3.05, 3.63) is 12.2 Å². The molecule has 0 aromatic rings. The molecule has 94 valence electrons. The summed E-state index contributed by atoms with van der Waals surface area (Å²) in [5.41, 5.74) is 0. The molecule has 1 aliphatic rings. The molecule has 1 aliphatic heterocycles. The number of esters is 2. The van der Waals surface area contributed by atoms with E-state index in [0.29, 0.717) is 0 Å². The van der Waals surface area contributed by atoms with Gasteiger partial charge in [-0.2, -0.15) is 0 Å². The maximum atomic E-state index is 11.6. The summed E-state index contributed by atoms with van der Waals surface area (Å²) in [6.07, 6.45) is 8.47. The monoisotopic (exact) mass is 238 g/mol. The molecule has 0 saturated carbocycles. The van der Waals surface area contributed by atoms with Crippen LogP contribution in [0.25, 0.3) is 0 Å². The maximum Gasteiger partial charge on any atom is 0.325 e. The van der Waals surface area contributed by atoms with Crippen molar-refractivity contribution < 1.29 is 19.1 Å². The predicted octanol–water partition coefficient (Wildman–Crippen LogP) is 2.17. The lowest BCUT2D eigenvalue weighted by Crippen LogP contribution is -2.16. The number of allylic oxidation sites excluding steroid dienone is 2. The third-order valence-electron chi connectivity index (χ3n) is 2.72. The minimum absolute atomic E-state index is 0.113. The van der Waals surface area contributed by atoms with Gasteiger partial charge >= 0.3 is 11.9 Å². The first-order valence-electron chi connectivity index (χ1n) is 6.10. The van der Waals surface area contributed by atoms with Crippen LogP contribution in [0.1, 0.15) is 45.4 Å². The van der Waals surface area contributed by atoms with Gasteiger partial charge in [0.05, 0.1) is 6.42 Å². The van der Waals surface area contributed by atoms with Gasteiger partial charge in [0.2, 0.25) is 0 Å². The second-order valence-corrected chi connectivity index (χ2v) is 4.20. The summed E-state index contributed by atoms with van der Waals surface area (Å²) >= 11 is 0. The lowest BCUT2D eigenvalue weighted by Gasteiger charge is -1.98. The van der Waals surface area contributed by atoms with Crippen LogP contribution in [0.15, 0.2) is 12.2 Å². The second-order valence-electron chi connectivity index (χ2n) is 4.20. The van der Waals surface area contributed by atoms with Gasteiger partial charge in [-0.3, -0.25) is 14.4 Å². The highest BCUT2D eigenvalue weighted by Gasteiger charge is 2.37. The number of ether oxygens (including phenoxy) is 1. The van der Waals surface area contributed by atoms with Gasteiger partial charge in [0.15, 0.2) is 5.78 Å². The zero-order chi connectivity index (χ0) is 12.7. The smallest absolute Gasteiger partial charge is 0.325 e. The van der Waals surface area contributed by atoms with Gasteiger partial charge < -0.3 is 4.74 Å². The number of cyclic esters (lactones) is 2. The average molecular weight is 238 g/mol. The Hall–Kier alpha value is -1.45. The summed E-state index contributed by atoms with van der Waals surface area (Å²) in [7, 11) is 0. The number of unbranched alkanes of at least 4 members (excludes halogenated alkanes) is 4. The fourth-order valence-electron chi connectivity index (χ4n) is 1.70. The Labute approximate surface area is 101 Å². The summed E-state index contributed by atoms with van der Waals surface area (Å²) in [4.78, 5) is 33.4. The molecule has 0 aromatic heterocycles. The van der Waals surface area contributed by atoms with E-state index in [2.05, 4.69) is 11.7 Å². The van der Waals surface area contributed by atoms with Gasteiger partial charge in [-0.25, -0.2) is 0 Å². The van der Waals surface area contributed by atoms with Crippen LogP contribution >= 0.6 is 0 Å². The van der Waals surface area contributed by atoms with Crippen LogP contribution in [0.2, 0.25) is 0 Å². The molecular formula is C13H18O4. The Balaban J connectivity index is 2.27. The van der Waals surface area contributed by atoms with Gasteiger partial charge in [0.25, 0.3) is 0 Å². The van der Waals surface area contributed by atoms with Crippen LogP contribution in [0, 0.1) is 5.92 Å². The van der Waals surface area contributed by atoms with E-state index in [9.17, 15) is 14.4 Å². The summed E-state index contributed by atoms with van der Waals surface area (Å²) < 4.78 is 4.32. The maximum absolute atomic E-state index is 11.6. The van der Waals surface area contributed by atoms with Gasteiger partial charge in [-0.15, -0.1) is 0 Å². The van der Waals surface area contributed by atoms with Gasteiger partial charge in [-0.05, 0) is 18.9 Å². The minimum atomic E-state index is -0.908. The first-order valence-corrected chi connectivity index (χ1v) is 6.10. The van der Waals surface area contributed by atoms with Crippen LogP contribution in [-0.4, -0.2) is 17.7 Å². The first-order chi connectivity index (χ1) is 8.15. The highest BCUT2D eigenvalue weighted by Crippen LogP contribution is 2.17. The van der Waals surface area contributed by atoms with Crippen molar-refractivity contribution >= 4 is 17.7 Å². The molecular weight excluding hydrogens is 220 g/mol. The molecule has 0 bridgehead atoms. The fourth-order valence-corrected chi connectivity index (χ4v) is 1.70. The topological polar surface area (TPSA) is 60.4 Å². The second kappa shape index (κ2) is 6.99. The van der Waals surface area contributed by atoms with E-state index in [0.717, 1.165) is 19.3 Å². The molecule has 0 aromatic carbocycles. The number of carbonyl (C=O) groups excluding carboxylic acids is 3. The van der Waals surface area contributed by atoms with Crippen molar-refractivity contribution in [2.24, 2.45) is 5.92 Å². The molecule has 0 amide bonds. The van der Waals surface area contributed by atoms with E-state index < -0.39 is 17.9 Å². The van der Waals surface area contributed by atoms with Crippen molar-refractivity contribution in [3.63, 3.8) is 0 Å². The summed E-state index contributed by atoms with van der Waals surface area (Å²) in [5, 5.41) is 0. The Morgan fingerprint density at radius 1 is 1.35 bits per heavy atom. The molecule has 1 atom stereocenters. The van der Waals surface area contributed by atoms with Crippen molar-refractivity contribution in [2.45, 2.75) is 45.4 Å². The zero-order valence-corrected chi connectivity index (χ0v) is 10.1. The molecule has 1 rings (SSSR count). The van der Waals surface area contributed by atoms with Crippen LogP contribution in [0.4, 0.5) is 0 Å². The van der Waals surface area contributed by atoms with Crippen molar-refractivity contribution in [1.29, 1.82) is 0 Å². The highest BCUT2D eigenvalue weighted by atomic mass is 16.6.